The number of anilines is 8. The minimum Gasteiger partial charge on any atom is -0.462 e. The van der Waals surface area contributed by atoms with Crippen molar-refractivity contribution in [1.82, 2.24) is 0 Å². The van der Waals surface area contributed by atoms with E-state index >= 15 is 0 Å². The van der Waals surface area contributed by atoms with Crippen molar-refractivity contribution < 1.29 is 4.74 Å². The van der Waals surface area contributed by atoms with Gasteiger partial charge in [-0.3, -0.25) is 0 Å². The highest BCUT2D eigenvalue weighted by Crippen LogP contribution is 2.58. The summed E-state index contributed by atoms with van der Waals surface area (Å²) in [6.07, 6.45) is 4.72. The topological polar surface area (TPSA) is 19.0 Å². The molecule has 2 heterocycles. The van der Waals surface area contributed by atoms with Gasteiger partial charge in [0, 0.05) is 62.5 Å². The number of rotatable bonds is 8. The maximum absolute atomic E-state index is 7.45. The molecular formula is C55H42BN3O. The highest BCUT2D eigenvalue weighted by atomic mass is 16.5. The zero-order valence-corrected chi connectivity index (χ0v) is 33.3. The van der Waals surface area contributed by atoms with Crippen LogP contribution in [0.25, 0.3) is 5.57 Å². The van der Waals surface area contributed by atoms with E-state index in [1.165, 1.54) is 16.6 Å². The minimum absolute atomic E-state index is 0.0215. The number of para-hydroxylation sites is 5. The zero-order valence-electron chi connectivity index (χ0n) is 33.3. The van der Waals surface area contributed by atoms with Gasteiger partial charge in [-0.2, -0.15) is 0 Å². The molecule has 0 fully saturated rings. The molecule has 2 unspecified atom stereocenters. The molecular weight excluding hydrogens is 729 g/mol. The average Bonchev–Trinajstić information content (AvgIpc) is 3.31. The Morgan fingerprint density at radius 3 is 1.45 bits per heavy atom. The van der Waals surface area contributed by atoms with E-state index in [2.05, 4.69) is 252 Å². The Hall–Kier alpha value is -7.50. The third kappa shape index (κ3) is 5.85. The van der Waals surface area contributed by atoms with Crippen molar-refractivity contribution in [2.45, 2.75) is 18.3 Å². The molecule has 11 rings (SSSR count). The van der Waals surface area contributed by atoms with Crippen LogP contribution in [0.2, 0.25) is 5.31 Å². The highest BCUT2D eigenvalue weighted by Gasteiger charge is 2.60. The van der Waals surface area contributed by atoms with Gasteiger partial charge in [-0.25, -0.2) is 0 Å². The maximum atomic E-state index is 7.45. The summed E-state index contributed by atoms with van der Waals surface area (Å²) >= 11 is 0. The van der Waals surface area contributed by atoms with E-state index in [9.17, 15) is 0 Å². The number of benzene rings is 8. The van der Waals surface area contributed by atoms with Crippen LogP contribution in [0.15, 0.2) is 236 Å². The van der Waals surface area contributed by atoms with Gasteiger partial charge in [0.05, 0.1) is 6.04 Å². The van der Waals surface area contributed by atoms with E-state index in [4.69, 9.17) is 4.74 Å². The molecule has 4 nitrogen and oxygen atoms in total. The second kappa shape index (κ2) is 14.7. The summed E-state index contributed by atoms with van der Waals surface area (Å²) in [4.78, 5) is 7.23. The molecule has 3 aliphatic rings. The Balaban J connectivity index is 1.16. The number of hydrogen-bond acceptors (Lipinski definition) is 4. The molecule has 8 aromatic rings. The van der Waals surface area contributed by atoms with Gasteiger partial charge >= 0.3 is 0 Å². The predicted molar refractivity (Wildman–Crippen MR) is 251 cm³/mol. The SMILES string of the molecule is CC12B3c4ccc(N(c5ccccc5)c5ccccc5)cc4OC1=C(c1ccccc1)C=CC2N(c1ccccc1)c1cc(N(c2ccccc2)c2ccccc2)ccc13. The number of nitrogens with zero attached hydrogens (tertiary/aromatic N) is 3. The smallest absolute Gasteiger partial charge is 0.233 e. The van der Waals surface area contributed by atoms with Gasteiger partial charge in [0.2, 0.25) is 6.71 Å². The van der Waals surface area contributed by atoms with Gasteiger partial charge < -0.3 is 19.4 Å². The quantitative estimate of drug-likeness (QED) is 0.143. The standard InChI is InChI=1S/C55H42BN3O/c1-55-53-37-34-48(40-20-8-2-9-21-40)54(55)60-52-39-47(58(43-26-14-5-15-27-43)44-28-16-6-17-29-44)33-36-50(52)56(55)49-35-32-46(38-51(49)59(53)45-30-18-7-19-31-45)57(41-22-10-3-11-23-41)42-24-12-4-13-25-42/h2-39,53H,1H3. The van der Waals surface area contributed by atoms with Gasteiger partial charge in [-0.1, -0.05) is 153 Å². The third-order valence-corrected chi connectivity index (χ3v) is 12.5. The fourth-order valence-corrected chi connectivity index (χ4v) is 9.83. The van der Waals surface area contributed by atoms with Crippen LogP contribution >= 0.6 is 0 Å². The molecule has 0 aromatic heterocycles. The van der Waals surface area contributed by atoms with Gasteiger partial charge in [0.25, 0.3) is 0 Å². The van der Waals surface area contributed by atoms with Crippen molar-refractivity contribution in [2.75, 3.05) is 14.7 Å². The Kier molecular flexibility index (Phi) is 8.74. The number of hydrogen-bond donors (Lipinski definition) is 0. The second-order valence-corrected chi connectivity index (χ2v) is 15.9. The summed E-state index contributed by atoms with van der Waals surface area (Å²) in [6.45, 7) is 2.40. The van der Waals surface area contributed by atoms with Crippen LogP contribution in [-0.4, -0.2) is 12.8 Å². The third-order valence-electron chi connectivity index (χ3n) is 12.5. The fourth-order valence-electron chi connectivity index (χ4n) is 9.83. The molecule has 5 heteroatoms. The van der Waals surface area contributed by atoms with Crippen LogP contribution in [0.5, 0.6) is 5.75 Å². The van der Waals surface area contributed by atoms with E-state index in [-0.39, 0.29) is 12.8 Å². The van der Waals surface area contributed by atoms with Crippen LogP contribution in [0, 0.1) is 0 Å². The lowest BCUT2D eigenvalue weighted by Crippen LogP contribution is -2.66. The largest absolute Gasteiger partial charge is 0.462 e. The van der Waals surface area contributed by atoms with Crippen LogP contribution in [-0.2, 0) is 0 Å². The van der Waals surface area contributed by atoms with E-state index < -0.39 is 5.31 Å². The maximum Gasteiger partial charge on any atom is 0.233 e. The van der Waals surface area contributed by atoms with Crippen molar-refractivity contribution in [2.24, 2.45) is 0 Å². The summed E-state index contributed by atoms with van der Waals surface area (Å²) < 4.78 is 7.45. The van der Waals surface area contributed by atoms with Crippen molar-refractivity contribution in [3.8, 4) is 5.75 Å². The lowest BCUT2D eigenvalue weighted by atomic mass is 9.22. The van der Waals surface area contributed by atoms with E-state index in [0.717, 1.165) is 62.5 Å². The monoisotopic (exact) mass is 771 g/mol. The van der Waals surface area contributed by atoms with Crippen LogP contribution in [0.1, 0.15) is 12.5 Å². The van der Waals surface area contributed by atoms with Crippen LogP contribution in [0.4, 0.5) is 45.5 Å². The molecule has 60 heavy (non-hydrogen) atoms. The van der Waals surface area contributed by atoms with Crippen molar-refractivity contribution >= 4 is 68.7 Å². The first kappa shape index (κ1) is 35.7. The van der Waals surface area contributed by atoms with Gasteiger partial charge in [0.1, 0.15) is 11.5 Å². The molecule has 0 amide bonds. The first-order chi connectivity index (χ1) is 29.7. The normalized spacial score (nSPS) is 17.2. The summed E-state index contributed by atoms with van der Waals surface area (Å²) in [5.74, 6) is 1.87. The van der Waals surface area contributed by atoms with Crippen molar-refractivity contribution in [1.29, 1.82) is 0 Å². The Morgan fingerprint density at radius 1 is 0.483 bits per heavy atom. The van der Waals surface area contributed by atoms with Crippen molar-refractivity contribution in [3.05, 3.63) is 242 Å². The molecule has 0 saturated heterocycles. The predicted octanol–water partition coefficient (Wildman–Crippen LogP) is 12.9. The van der Waals surface area contributed by atoms with Crippen molar-refractivity contribution in [3.63, 3.8) is 0 Å². The molecule has 8 aromatic carbocycles. The van der Waals surface area contributed by atoms with E-state index in [1.807, 2.05) is 0 Å². The summed E-state index contributed by atoms with van der Waals surface area (Å²) in [6, 6.07) is 78.0. The molecule has 2 atom stereocenters. The fraction of sp³-hybridized carbons (Fsp3) is 0.0545. The first-order valence-corrected chi connectivity index (χ1v) is 20.8. The molecule has 0 radical (unpaired) electrons. The lowest BCUT2D eigenvalue weighted by Gasteiger charge is -2.56. The first-order valence-electron chi connectivity index (χ1n) is 20.8. The van der Waals surface area contributed by atoms with E-state index in [1.54, 1.807) is 0 Å². The molecule has 1 aliphatic carbocycles. The minimum atomic E-state index is -0.476. The highest BCUT2D eigenvalue weighted by molar-refractivity contribution is 6.91. The molecule has 0 spiro atoms. The Morgan fingerprint density at radius 2 is 0.933 bits per heavy atom. The number of fused-ring (bicyclic) bond motifs is 4. The number of allylic oxidation sites excluding steroid dienone is 2. The Labute approximate surface area is 352 Å². The van der Waals surface area contributed by atoms with Crippen LogP contribution < -0.4 is 30.4 Å². The summed E-state index contributed by atoms with van der Waals surface area (Å²) in [7, 11) is 0. The molecule has 2 aliphatic heterocycles. The van der Waals surface area contributed by atoms with Crippen LogP contribution in [0.3, 0.4) is 0 Å². The summed E-state index contributed by atoms with van der Waals surface area (Å²) in [5.41, 5.74) is 13.6. The van der Waals surface area contributed by atoms with Gasteiger partial charge in [-0.15, -0.1) is 0 Å². The van der Waals surface area contributed by atoms with Gasteiger partial charge in [0.15, 0.2) is 0 Å². The zero-order chi connectivity index (χ0) is 40.0. The lowest BCUT2D eigenvalue weighted by molar-refractivity contribution is 0.342. The summed E-state index contributed by atoms with van der Waals surface area (Å²) in [5, 5.41) is -0.476. The van der Waals surface area contributed by atoms with Gasteiger partial charge in [-0.05, 0) is 95.4 Å². The number of ether oxygens (including phenoxy) is 1. The molecule has 0 N–H and O–H groups in total. The molecule has 0 bridgehead atoms. The Bertz CT molecular complexity index is 2790. The average molecular weight is 772 g/mol. The molecule has 0 saturated carbocycles. The van der Waals surface area contributed by atoms with E-state index in [0.29, 0.717) is 0 Å². The molecule has 286 valence electrons. The second-order valence-electron chi connectivity index (χ2n) is 15.9.